The van der Waals surface area contributed by atoms with Crippen LogP contribution < -0.4 is 0 Å². The minimum absolute atomic E-state index is 0.0710. The second kappa shape index (κ2) is 22.6. The maximum absolute atomic E-state index is 12.7. The smallest absolute Gasteiger partial charge is 0.338 e. The highest BCUT2D eigenvalue weighted by molar-refractivity contribution is 5.89. The molecule has 9 nitrogen and oxygen atoms in total. The van der Waals surface area contributed by atoms with E-state index in [9.17, 15) is 14.4 Å². The van der Waals surface area contributed by atoms with Crippen molar-refractivity contribution in [3.8, 4) is 0 Å². The molecule has 0 aromatic heterocycles. The van der Waals surface area contributed by atoms with Gasteiger partial charge in [0.25, 0.3) is 0 Å². The number of ether oxygens (including phenoxy) is 2. The van der Waals surface area contributed by atoms with Gasteiger partial charge in [-0.1, -0.05) is 101 Å². The lowest BCUT2D eigenvalue weighted by atomic mass is 10.0. The number of allylic oxidation sites excluding steroid dienone is 1. The maximum Gasteiger partial charge on any atom is 0.338 e. The molecule has 0 bridgehead atoms. The van der Waals surface area contributed by atoms with Gasteiger partial charge in [0.15, 0.2) is 0 Å². The SMILES string of the molecule is CCCCCCCCCCCCC/C=C/[C@@H](OC(=O)c1ccccc1)[C@@H](COC(=O)CCCC(=O)O)N=[N+]=[N-]. The zero-order valence-corrected chi connectivity index (χ0v) is 23.3. The van der Waals surface area contributed by atoms with Gasteiger partial charge in [0.2, 0.25) is 0 Å². The van der Waals surface area contributed by atoms with E-state index < -0.39 is 30.1 Å². The van der Waals surface area contributed by atoms with Crippen molar-refractivity contribution < 1.29 is 29.0 Å². The number of carboxylic acids is 1. The van der Waals surface area contributed by atoms with Gasteiger partial charge in [0.05, 0.1) is 5.56 Å². The lowest BCUT2D eigenvalue weighted by Crippen LogP contribution is -2.33. The summed E-state index contributed by atoms with van der Waals surface area (Å²) in [5.41, 5.74) is 9.43. The average molecular weight is 544 g/mol. The number of benzene rings is 1. The average Bonchev–Trinajstić information content (AvgIpc) is 2.93. The Hall–Kier alpha value is -3.32. The summed E-state index contributed by atoms with van der Waals surface area (Å²) in [5, 5.41) is 12.4. The quantitative estimate of drug-likeness (QED) is 0.0371. The van der Waals surface area contributed by atoms with Crippen molar-refractivity contribution in [1.29, 1.82) is 0 Å². The molecule has 1 aromatic rings. The first-order chi connectivity index (χ1) is 19.0. The number of hydrogen-bond acceptors (Lipinski definition) is 6. The Labute approximate surface area is 232 Å². The minimum atomic E-state index is -0.995. The first kappa shape index (κ1) is 33.7. The Morgan fingerprint density at radius 2 is 1.54 bits per heavy atom. The van der Waals surface area contributed by atoms with Gasteiger partial charge in [-0.3, -0.25) is 9.59 Å². The third-order valence-electron chi connectivity index (χ3n) is 6.32. The normalized spacial score (nSPS) is 12.4. The van der Waals surface area contributed by atoms with Gasteiger partial charge in [0.1, 0.15) is 18.8 Å². The number of aliphatic carboxylic acids is 1. The minimum Gasteiger partial charge on any atom is -0.481 e. The highest BCUT2D eigenvalue weighted by Gasteiger charge is 2.24. The summed E-state index contributed by atoms with van der Waals surface area (Å²) in [5.74, 6) is -2.18. The van der Waals surface area contributed by atoms with Crippen LogP contribution in [0.1, 0.15) is 114 Å². The lowest BCUT2D eigenvalue weighted by molar-refractivity contribution is -0.145. The molecule has 0 aliphatic carbocycles. The number of nitrogens with zero attached hydrogens (tertiary/aromatic N) is 3. The first-order valence-electron chi connectivity index (χ1n) is 14.3. The van der Waals surface area contributed by atoms with E-state index >= 15 is 0 Å². The molecule has 2 atom stereocenters. The molecule has 0 fully saturated rings. The molecule has 0 saturated heterocycles. The van der Waals surface area contributed by atoms with E-state index in [2.05, 4.69) is 16.9 Å². The Morgan fingerprint density at radius 1 is 0.923 bits per heavy atom. The highest BCUT2D eigenvalue weighted by atomic mass is 16.6. The number of rotatable bonds is 23. The number of esters is 2. The number of carbonyl (C=O) groups excluding carboxylic acids is 2. The van der Waals surface area contributed by atoms with E-state index in [-0.39, 0.29) is 25.9 Å². The van der Waals surface area contributed by atoms with E-state index in [4.69, 9.17) is 20.1 Å². The van der Waals surface area contributed by atoms with E-state index in [0.29, 0.717) is 5.56 Å². The molecule has 0 unspecified atom stereocenters. The van der Waals surface area contributed by atoms with Gasteiger partial charge in [-0.2, -0.15) is 0 Å². The van der Waals surface area contributed by atoms with Gasteiger partial charge in [-0.25, -0.2) is 4.79 Å². The van der Waals surface area contributed by atoms with Crippen LogP contribution in [-0.4, -0.2) is 41.8 Å². The second-order valence-electron chi connectivity index (χ2n) is 9.69. The molecule has 1 aromatic carbocycles. The monoisotopic (exact) mass is 543 g/mol. The first-order valence-corrected chi connectivity index (χ1v) is 14.3. The third-order valence-corrected chi connectivity index (χ3v) is 6.32. The largest absolute Gasteiger partial charge is 0.481 e. The molecule has 39 heavy (non-hydrogen) atoms. The van der Waals surface area contributed by atoms with E-state index in [0.717, 1.165) is 19.3 Å². The van der Waals surface area contributed by atoms with Crippen LogP contribution in [0.15, 0.2) is 47.6 Å². The zero-order chi connectivity index (χ0) is 28.6. The second-order valence-corrected chi connectivity index (χ2v) is 9.69. The molecule has 1 rings (SSSR count). The van der Waals surface area contributed by atoms with Crippen molar-refractivity contribution in [3.05, 3.63) is 58.5 Å². The molecule has 0 heterocycles. The summed E-state index contributed by atoms with van der Waals surface area (Å²) in [6, 6.07) is 7.52. The third kappa shape index (κ3) is 17.7. The van der Waals surface area contributed by atoms with Crippen LogP contribution in [0.25, 0.3) is 10.4 Å². The predicted molar refractivity (Wildman–Crippen MR) is 151 cm³/mol. The molecule has 9 heteroatoms. The predicted octanol–water partition coefficient (Wildman–Crippen LogP) is 7.95. The van der Waals surface area contributed by atoms with Crippen molar-refractivity contribution >= 4 is 17.9 Å². The fourth-order valence-corrected chi connectivity index (χ4v) is 4.06. The summed E-state index contributed by atoms with van der Waals surface area (Å²) in [4.78, 5) is 38.2. The molecule has 0 radical (unpaired) electrons. The van der Waals surface area contributed by atoms with Crippen LogP contribution in [0.4, 0.5) is 0 Å². The number of azide groups is 1. The summed E-state index contributed by atoms with van der Waals surface area (Å²) in [6.07, 6.45) is 17.2. The summed E-state index contributed by atoms with van der Waals surface area (Å²) >= 11 is 0. The molecular weight excluding hydrogens is 498 g/mol. The summed E-state index contributed by atoms with van der Waals surface area (Å²) < 4.78 is 10.8. The van der Waals surface area contributed by atoms with Gasteiger partial charge >= 0.3 is 17.9 Å². The number of hydrogen-bond donors (Lipinski definition) is 1. The van der Waals surface area contributed by atoms with Crippen LogP contribution in [-0.2, 0) is 19.1 Å². The zero-order valence-electron chi connectivity index (χ0n) is 23.3. The topological polar surface area (TPSA) is 139 Å². The molecule has 0 aliphatic rings. The van der Waals surface area contributed by atoms with Crippen LogP contribution >= 0.6 is 0 Å². The number of carbonyl (C=O) groups is 3. The molecule has 1 N–H and O–H groups in total. The van der Waals surface area contributed by atoms with E-state index in [1.165, 1.54) is 57.8 Å². The Balaban J connectivity index is 2.59. The molecular formula is C30H45N3O6. The van der Waals surface area contributed by atoms with Crippen LogP contribution in [0.5, 0.6) is 0 Å². The van der Waals surface area contributed by atoms with E-state index in [1.54, 1.807) is 36.4 Å². The fraction of sp³-hybridized carbons (Fsp3) is 0.633. The Bertz CT molecular complexity index is 899. The van der Waals surface area contributed by atoms with Crippen LogP contribution in [0.2, 0.25) is 0 Å². The molecule has 0 aliphatic heterocycles. The Morgan fingerprint density at radius 3 is 2.13 bits per heavy atom. The lowest BCUT2D eigenvalue weighted by Gasteiger charge is -2.21. The standard InChI is InChI=1S/C30H45N3O6/c1-2-3-4-5-6-7-8-9-10-11-12-13-17-21-27(39-30(37)25-19-15-14-16-20-25)26(32-33-31)24-38-29(36)23-18-22-28(34)35/h14-17,19-21,26-27H,2-13,18,22-24H2,1H3,(H,34,35)/b21-17+/t26-,27-/m1/s1. The maximum atomic E-state index is 12.7. The van der Waals surface area contributed by atoms with E-state index in [1.807, 2.05) is 6.08 Å². The molecule has 0 spiro atoms. The summed E-state index contributed by atoms with van der Waals surface area (Å²) in [7, 11) is 0. The fourth-order valence-electron chi connectivity index (χ4n) is 4.06. The number of carboxylic acid groups (broad SMARTS) is 1. The van der Waals surface area contributed by atoms with Crippen molar-refractivity contribution in [1.82, 2.24) is 0 Å². The van der Waals surface area contributed by atoms with Gasteiger partial charge < -0.3 is 14.6 Å². The molecule has 0 amide bonds. The van der Waals surface area contributed by atoms with Crippen molar-refractivity contribution in [2.24, 2.45) is 5.11 Å². The van der Waals surface area contributed by atoms with Crippen LogP contribution in [0.3, 0.4) is 0 Å². The van der Waals surface area contributed by atoms with Crippen LogP contribution in [0, 0.1) is 0 Å². The van der Waals surface area contributed by atoms with Gasteiger partial charge in [-0.15, -0.1) is 0 Å². The van der Waals surface area contributed by atoms with Gasteiger partial charge in [-0.05, 0) is 43.0 Å². The highest BCUT2D eigenvalue weighted by Crippen LogP contribution is 2.15. The van der Waals surface area contributed by atoms with Crippen molar-refractivity contribution in [3.63, 3.8) is 0 Å². The molecule has 0 saturated carbocycles. The van der Waals surface area contributed by atoms with Crippen molar-refractivity contribution in [2.45, 2.75) is 115 Å². The summed E-state index contributed by atoms with van der Waals surface area (Å²) in [6.45, 7) is 1.95. The number of unbranched alkanes of at least 4 members (excludes halogenated alkanes) is 11. The van der Waals surface area contributed by atoms with Crippen molar-refractivity contribution in [2.75, 3.05) is 6.61 Å². The molecule has 216 valence electrons. The Kier molecular flexibility index (Phi) is 19.6. The van der Waals surface area contributed by atoms with Gasteiger partial charge in [0, 0.05) is 17.8 Å².